The molecule has 4 aromatic rings. The maximum Gasteiger partial charge on any atom is 0.259 e. The molecule has 0 spiro atoms. The molecule has 3 N–H and O–H groups in total. The maximum atomic E-state index is 5.94. The first-order chi connectivity index (χ1) is 11.8. The van der Waals surface area contributed by atoms with Crippen LogP contribution in [0.3, 0.4) is 0 Å². The SMILES string of the molecule is Nc1nc(NCCc2ccncc2)nc2nc(-c3ccco3)nn12. The molecule has 120 valence electrons. The molecule has 0 aromatic carbocycles. The highest BCUT2D eigenvalue weighted by Gasteiger charge is 2.13. The predicted octanol–water partition coefficient (Wildman–Crippen LogP) is 1.41. The zero-order valence-corrected chi connectivity index (χ0v) is 12.6. The monoisotopic (exact) mass is 322 g/mol. The van der Waals surface area contributed by atoms with Crippen LogP contribution >= 0.6 is 0 Å². The maximum absolute atomic E-state index is 5.94. The predicted molar refractivity (Wildman–Crippen MR) is 87.1 cm³/mol. The molecular formula is C15H14N8O. The lowest BCUT2D eigenvalue weighted by Crippen LogP contribution is -2.12. The number of fused-ring (bicyclic) bond motifs is 1. The van der Waals surface area contributed by atoms with Crippen LogP contribution in [0.1, 0.15) is 5.56 Å². The molecule has 4 heterocycles. The van der Waals surface area contributed by atoms with Gasteiger partial charge in [-0.3, -0.25) is 4.98 Å². The van der Waals surface area contributed by atoms with E-state index in [0.29, 0.717) is 29.9 Å². The number of anilines is 2. The smallest absolute Gasteiger partial charge is 0.259 e. The van der Waals surface area contributed by atoms with E-state index in [1.807, 2.05) is 12.1 Å². The summed E-state index contributed by atoms with van der Waals surface area (Å²) in [6.07, 6.45) is 5.91. The van der Waals surface area contributed by atoms with E-state index in [-0.39, 0.29) is 5.95 Å². The van der Waals surface area contributed by atoms with Crippen molar-refractivity contribution in [2.45, 2.75) is 6.42 Å². The molecule has 0 aliphatic heterocycles. The van der Waals surface area contributed by atoms with Gasteiger partial charge in [-0.1, -0.05) is 0 Å². The molecule has 0 unspecified atom stereocenters. The Morgan fingerprint density at radius 2 is 2.00 bits per heavy atom. The summed E-state index contributed by atoms with van der Waals surface area (Å²) in [7, 11) is 0. The van der Waals surface area contributed by atoms with Gasteiger partial charge in [-0.25, -0.2) is 0 Å². The van der Waals surface area contributed by atoms with E-state index in [4.69, 9.17) is 10.2 Å². The number of furan rings is 1. The third-order valence-electron chi connectivity index (χ3n) is 3.42. The van der Waals surface area contributed by atoms with E-state index in [1.54, 1.807) is 30.8 Å². The van der Waals surface area contributed by atoms with E-state index in [2.05, 4.69) is 30.4 Å². The number of nitrogens with zero attached hydrogens (tertiary/aromatic N) is 6. The number of pyridine rings is 1. The summed E-state index contributed by atoms with van der Waals surface area (Å²) >= 11 is 0. The third kappa shape index (κ3) is 2.74. The molecule has 0 atom stereocenters. The van der Waals surface area contributed by atoms with Gasteiger partial charge in [0, 0.05) is 18.9 Å². The highest BCUT2D eigenvalue weighted by molar-refractivity contribution is 5.52. The van der Waals surface area contributed by atoms with Gasteiger partial charge < -0.3 is 15.5 Å². The van der Waals surface area contributed by atoms with Gasteiger partial charge in [-0.15, -0.1) is 5.10 Å². The number of nitrogens with one attached hydrogen (secondary N) is 1. The van der Waals surface area contributed by atoms with Crippen molar-refractivity contribution in [1.29, 1.82) is 0 Å². The second-order valence-corrected chi connectivity index (χ2v) is 5.06. The quantitative estimate of drug-likeness (QED) is 0.566. The summed E-state index contributed by atoms with van der Waals surface area (Å²) in [6, 6.07) is 7.47. The van der Waals surface area contributed by atoms with Crippen molar-refractivity contribution in [3.63, 3.8) is 0 Å². The molecule has 0 fully saturated rings. The van der Waals surface area contributed by atoms with Crippen LogP contribution in [0.5, 0.6) is 0 Å². The largest absolute Gasteiger partial charge is 0.461 e. The van der Waals surface area contributed by atoms with Gasteiger partial charge in [0.1, 0.15) is 0 Å². The second-order valence-electron chi connectivity index (χ2n) is 5.06. The van der Waals surface area contributed by atoms with E-state index >= 15 is 0 Å². The fourth-order valence-corrected chi connectivity index (χ4v) is 2.26. The summed E-state index contributed by atoms with van der Waals surface area (Å²) in [6.45, 7) is 0.665. The molecular weight excluding hydrogens is 308 g/mol. The van der Waals surface area contributed by atoms with Crippen LogP contribution in [0.25, 0.3) is 17.4 Å². The molecule has 24 heavy (non-hydrogen) atoms. The zero-order valence-electron chi connectivity index (χ0n) is 12.6. The van der Waals surface area contributed by atoms with Crippen molar-refractivity contribution in [3.05, 3.63) is 48.5 Å². The number of nitrogens with two attached hydrogens (primary N) is 1. The van der Waals surface area contributed by atoms with Crippen LogP contribution in [0.15, 0.2) is 47.3 Å². The van der Waals surface area contributed by atoms with Gasteiger partial charge in [0.25, 0.3) is 5.78 Å². The number of rotatable bonds is 5. The van der Waals surface area contributed by atoms with Crippen LogP contribution in [0, 0.1) is 0 Å². The van der Waals surface area contributed by atoms with Gasteiger partial charge >= 0.3 is 0 Å². The number of hydrogen-bond acceptors (Lipinski definition) is 8. The van der Waals surface area contributed by atoms with Crippen molar-refractivity contribution in [3.8, 4) is 11.6 Å². The lowest BCUT2D eigenvalue weighted by Gasteiger charge is -2.05. The third-order valence-corrected chi connectivity index (χ3v) is 3.42. The highest BCUT2D eigenvalue weighted by atomic mass is 16.3. The average Bonchev–Trinajstić information content (AvgIpc) is 3.25. The normalized spacial score (nSPS) is 11.0. The highest BCUT2D eigenvalue weighted by Crippen LogP contribution is 2.17. The summed E-state index contributed by atoms with van der Waals surface area (Å²) in [5.74, 6) is 1.94. The molecule has 4 rings (SSSR count). The summed E-state index contributed by atoms with van der Waals surface area (Å²) in [5.41, 5.74) is 7.11. The van der Waals surface area contributed by atoms with Gasteiger partial charge in [0.2, 0.25) is 17.7 Å². The molecule has 0 bridgehead atoms. The van der Waals surface area contributed by atoms with Crippen molar-refractivity contribution >= 4 is 17.7 Å². The van der Waals surface area contributed by atoms with E-state index in [0.717, 1.165) is 6.42 Å². The summed E-state index contributed by atoms with van der Waals surface area (Å²) in [4.78, 5) is 16.8. The van der Waals surface area contributed by atoms with Crippen molar-refractivity contribution in [2.75, 3.05) is 17.6 Å². The van der Waals surface area contributed by atoms with E-state index in [1.165, 1.54) is 10.1 Å². The number of aromatic nitrogens is 6. The Morgan fingerprint density at radius 3 is 2.79 bits per heavy atom. The zero-order chi connectivity index (χ0) is 16.4. The van der Waals surface area contributed by atoms with Crippen molar-refractivity contribution in [2.24, 2.45) is 0 Å². The standard InChI is InChI=1S/C15H14N8O/c16-13-20-14(18-8-5-10-3-6-17-7-4-10)21-15-19-12(22-23(13)15)11-2-1-9-24-11/h1-4,6-7,9H,5,8H2,(H3,16,18,19,20,21,22). The van der Waals surface area contributed by atoms with Gasteiger partial charge in [0.15, 0.2) is 5.76 Å². The van der Waals surface area contributed by atoms with E-state index < -0.39 is 0 Å². The second kappa shape index (κ2) is 5.95. The Morgan fingerprint density at radius 1 is 1.12 bits per heavy atom. The fraction of sp³-hybridized carbons (Fsp3) is 0.133. The Hall–Kier alpha value is -3.49. The molecule has 0 saturated carbocycles. The summed E-state index contributed by atoms with van der Waals surface area (Å²) < 4.78 is 6.67. The van der Waals surface area contributed by atoms with Crippen molar-refractivity contribution in [1.82, 2.24) is 29.5 Å². The molecule has 0 aliphatic rings. The first-order valence-corrected chi connectivity index (χ1v) is 7.36. The average molecular weight is 322 g/mol. The van der Waals surface area contributed by atoms with Gasteiger partial charge in [0.05, 0.1) is 6.26 Å². The minimum Gasteiger partial charge on any atom is -0.461 e. The Kier molecular flexibility index (Phi) is 3.50. The van der Waals surface area contributed by atoms with Crippen LogP contribution in [0.4, 0.5) is 11.9 Å². The van der Waals surface area contributed by atoms with E-state index in [9.17, 15) is 0 Å². The van der Waals surface area contributed by atoms with Crippen LogP contribution in [-0.4, -0.2) is 36.1 Å². The molecule has 4 aromatic heterocycles. The van der Waals surface area contributed by atoms with Crippen molar-refractivity contribution < 1.29 is 4.42 Å². The molecule has 9 nitrogen and oxygen atoms in total. The first-order valence-electron chi connectivity index (χ1n) is 7.36. The lowest BCUT2D eigenvalue weighted by atomic mass is 10.2. The number of hydrogen-bond donors (Lipinski definition) is 2. The Balaban J connectivity index is 1.54. The summed E-state index contributed by atoms with van der Waals surface area (Å²) in [5, 5.41) is 7.39. The van der Waals surface area contributed by atoms with Crippen LogP contribution < -0.4 is 11.1 Å². The topological polar surface area (TPSA) is 120 Å². The molecule has 9 heteroatoms. The Labute approximate surface area is 136 Å². The van der Waals surface area contributed by atoms with Gasteiger partial charge in [-0.05, 0) is 36.2 Å². The van der Waals surface area contributed by atoms with Gasteiger partial charge in [-0.2, -0.15) is 19.5 Å². The lowest BCUT2D eigenvalue weighted by molar-refractivity contribution is 0.577. The Bertz CT molecular complexity index is 948. The minimum absolute atomic E-state index is 0.205. The minimum atomic E-state index is 0.205. The molecule has 0 aliphatic carbocycles. The fourth-order valence-electron chi connectivity index (χ4n) is 2.26. The van der Waals surface area contributed by atoms with Crippen LogP contribution in [-0.2, 0) is 6.42 Å². The molecule has 0 amide bonds. The molecule has 0 saturated heterocycles. The number of nitrogen functional groups attached to an aromatic ring is 1. The van der Waals surface area contributed by atoms with Crippen LogP contribution in [0.2, 0.25) is 0 Å². The molecule has 0 radical (unpaired) electrons. The first kappa shape index (κ1) is 14.1.